The van der Waals surface area contributed by atoms with Crippen LogP contribution in [0.25, 0.3) is 0 Å². The number of quaternary nitrogens is 2. The lowest BCUT2D eigenvalue weighted by Gasteiger charge is -2.31. The first-order chi connectivity index (χ1) is 19.0. The molecule has 0 spiro atoms. The lowest BCUT2D eigenvalue weighted by atomic mass is 10.2. The summed E-state index contributed by atoms with van der Waals surface area (Å²) in [5.41, 5.74) is 2.52. The minimum Gasteiger partial charge on any atom is -1.00 e. The molecule has 0 radical (unpaired) electrons. The number of nitro benzene ring substituents is 1. The molecule has 0 aromatic heterocycles. The first kappa shape index (κ1) is 37.9. The van der Waals surface area contributed by atoms with Crippen LogP contribution in [0.4, 0.5) is 5.69 Å². The maximum Gasteiger partial charge on any atom is 0.390 e. The highest BCUT2D eigenvalue weighted by Gasteiger charge is 2.26. The van der Waals surface area contributed by atoms with Crippen LogP contribution in [0.2, 0.25) is 0 Å². The molecule has 0 aliphatic carbocycles. The molecule has 0 fully saturated rings. The van der Waals surface area contributed by atoms with Crippen molar-refractivity contribution in [3.05, 3.63) is 106 Å². The Kier molecular flexibility index (Phi) is 16.1. The summed E-state index contributed by atoms with van der Waals surface area (Å²) in [5, 5.41) is 17.3. The molecule has 0 saturated heterocycles. The molecule has 3 rings (SSSR count). The molecule has 0 aliphatic heterocycles. The second-order valence-electron chi connectivity index (χ2n) is 11.5. The van der Waals surface area contributed by atoms with Gasteiger partial charge in [0.15, 0.2) is 0 Å². The molecule has 3 aromatic rings. The van der Waals surface area contributed by atoms with Gasteiger partial charge in [-0.2, -0.15) is 0 Å². The fourth-order valence-corrected chi connectivity index (χ4v) is 6.24. The van der Waals surface area contributed by atoms with Crippen LogP contribution in [0.15, 0.2) is 84.9 Å². The smallest absolute Gasteiger partial charge is 0.390 e. The van der Waals surface area contributed by atoms with Crippen LogP contribution in [0.5, 0.6) is 5.75 Å². The maximum atomic E-state index is 13.8. The molecule has 0 aliphatic rings. The Morgan fingerprint density at radius 3 is 1.50 bits per heavy atom. The molecule has 0 saturated carbocycles. The van der Waals surface area contributed by atoms with E-state index < -0.39 is 12.6 Å². The van der Waals surface area contributed by atoms with E-state index in [1.165, 1.54) is 35.4 Å². The first-order valence-corrected chi connectivity index (χ1v) is 15.3. The number of hydrogen-bond acceptors (Lipinski definition) is 4. The molecule has 0 heterocycles. The van der Waals surface area contributed by atoms with E-state index in [4.69, 9.17) is 4.52 Å². The van der Waals surface area contributed by atoms with Crippen molar-refractivity contribution in [2.24, 2.45) is 0 Å². The van der Waals surface area contributed by atoms with E-state index in [9.17, 15) is 14.7 Å². The number of nitro groups is 1. The summed E-state index contributed by atoms with van der Waals surface area (Å²) in [4.78, 5) is 10.6. The standard InChI is InChI=1S/C30H44N5O4P.2BrH/c1-34(2,25-27-13-7-5-8-14-27)23-11-21-31-40(38,39-30-19-17-29(18-20-30)33(36)37)32-22-12-24-35(3,4)26-28-15-9-6-10-16-28;;/h5-10,13-20H,11-12,21-26H2,1-4H3,(H2,31,32,38);2*1H/q+2;;/p-2. The van der Waals surface area contributed by atoms with Gasteiger partial charge < -0.3 is 47.5 Å². The Morgan fingerprint density at radius 1 is 0.714 bits per heavy atom. The average molecular weight is 729 g/mol. The van der Waals surface area contributed by atoms with Gasteiger partial charge in [0, 0.05) is 49.2 Å². The predicted molar refractivity (Wildman–Crippen MR) is 161 cm³/mol. The van der Waals surface area contributed by atoms with Gasteiger partial charge in [0.05, 0.1) is 46.2 Å². The average Bonchev–Trinajstić information content (AvgIpc) is 2.90. The van der Waals surface area contributed by atoms with E-state index in [0.29, 0.717) is 18.8 Å². The van der Waals surface area contributed by atoms with Gasteiger partial charge in [-0.1, -0.05) is 60.7 Å². The van der Waals surface area contributed by atoms with Gasteiger partial charge in [-0.15, -0.1) is 0 Å². The van der Waals surface area contributed by atoms with Crippen LogP contribution in [0, 0.1) is 10.1 Å². The zero-order chi connectivity index (χ0) is 29.1. The summed E-state index contributed by atoms with van der Waals surface area (Å²) in [7, 11) is 5.29. The monoisotopic (exact) mass is 727 g/mol. The second kappa shape index (κ2) is 17.9. The van der Waals surface area contributed by atoms with E-state index in [1.807, 2.05) is 12.1 Å². The molecule has 12 heteroatoms. The quantitative estimate of drug-likeness (QED) is 0.0647. The molecule has 0 unspecified atom stereocenters. The van der Waals surface area contributed by atoms with Crippen LogP contribution < -0.4 is 48.7 Å². The van der Waals surface area contributed by atoms with Gasteiger partial charge in [-0.3, -0.25) is 10.1 Å². The number of benzene rings is 3. The number of hydrogen-bond donors (Lipinski definition) is 2. The van der Waals surface area contributed by atoms with Crippen LogP contribution >= 0.6 is 7.67 Å². The minimum atomic E-state index is -3.46. The van der Waals surface area contributed by atoms with E-state index in [0.717, 1.165) is 48.0 Å². The van der Waals surface area contributed by atoms with Crippen molar-refractivity contribution in [2.45, 2.75) is 25.9 Å². The molecule has 0 amide bonds. The molecule has 2 N–H and O–H groups in total. The Bertz CT molecular complexity index is 1180. The number of halogens is 2. The highest BCUT2D eigenvalue weighted by molar-refractivity contribution is 7.55. The van der Waals surface area contributed by atoms with Crippen LogP contribution in [0.3, 0.4) is 0 Å². The van der Waals surface area contributed by atoms with Crippen LogP contribution in [-0.2, 0) is 17.7 Å². The Labute approximate surface area is 271 Å². The zero-order valence-corrected chi connectivity index (χ0v) is 29.0. The van der Waals surface area contributed by atoms with Crippen molar-refractivity contribution in [3.63, 3.8) is 0 Å². The van der Waals surface area contributed by atoms with Crippen molar-refractivity contribution in [1.29, 1.82) is 0 Å². The summed E-state index contributed by atoms with van der Waals surface area (Å²) >= 11 is 0. The number of nitrogens with one attached hydrogen (secondary N) is 2. The van der Waals surface area contributed by atoms with Gasteiger partial charge in [0.2, 0.25) is 0 Å². The van der Waals surface area contributed by atoms with Crippen molar-refractivity contribution < 1.29 is 56.9 Å². The van der Waals surface area contributed by atoms with E-state index in [1.54, 1.807) is 0 Å². The van der Waals surface area contributed by atoms with Crippen molar-refractivity contribution in [3.8, 4) is 5.75 Å². The second-order valence-corrected chi connectivity index (χ2v) is 13.4. The Morgan fingerprint density at radius 2 is 1.12 bits per heavy atom. The Balaban J connectivity index is 0.00000441. The lowest BCUT2D eigenvalue weighted by Crippen LogP contribution is -3.00. The lowest BCUT2D eigenvalue weighted by molar-refractivity contribution is -0.903. The summed E-state index contributed by atoms with van der Waals surface area (Å²) in [6.07, 6.45) is 1.60. The van der Waals surface area contributed by atoms with E-state index in [2.05, 4.69) is 86.9 Å². The van der Waals surface area contributed by atoms with Crippen molar-refractivity contribution >= 4 is 13.4 Å². The summed E-state index contributed by atoms with van der Waals surface area (Å²) in [5.74, 6) is 0.314. The minimum absolute atomic E-state index is 0. The maximum absolute atomic E-state index is 13.8. The topological polar surface area (TPSA) is 93.5 Å². The van der Waals surface area contributed by atoms with Gasteiger partial charge in [0.1, 0.15) is 18.8 Å². The summed E-state index contributed by atoms with van der Waals surface area (Å²) < 4.78 is 21.4. The number of non-ortho nitro benzene ring substituents is 1. The third kappa shape index (κ3) is 13.9. The normalized spacial score (nSPS) is 11.7. The SMILES string of the molecule is C[N+](C)(CCCNP(=O)(NCCC[N+](C)(C)Cc1ccccc1)Oc1ccc([N+](=O)[O-])cc1)Cc1ccccc1.[Br-].[Br-]. The molecule has 42 heavy (non-hydrogen) atoms. The Hall–Kier alpha value is -2.11. The van der Waals surface area contributed by atoms with Gasteiger partial charge in [-0.05, 0) is 12.1 Å². The molecule has 232 valence electrons. The van der Waals surface area contributed by atoms with Gasteiger partial charge in [-0.25, -0.2) is 14.7 Å². The van der Waals surface area contributed by atoms with Crippen LogP contribution in [-0.4, -0.2) is 68.3 Å². The molecular weight excluding hydrogens is 685 g/mol. The summed E-state index contributed by atoms with van der Waals surface area (Å²) in [6.45, 7) is 4.61. The predicted octanol–water partition coefficient (Wildman–Crippen LogP) is -0.398. The molecule has 3 aromatic carbocycles. The van der Waals surface area contributed by atoms with Gasteiger partial charge in [0.25, 0.3) is 5.69 Å². The highest BCUT2D eigenvalue weighted by atomic mass is 79.9. The third-order valence-corrected chi connectivity index (χ3v) is 8.46. The zero-order valence-electron chi connectivity index (χ0n) is 24.9. The van der Waals surface area contributed by atoms with Gasteiger partial charge >= 0.3 is 7.67 Å². The number of nitrogens with zero attached hydrogens (tertiary/aromatic N) is 3. The fraction of sp³-hybridized carbons (Fsp3) is 0.400. The third-order valence-electron chi connectivity index (χ3n) is 6.71. The fourth-order valence-electron chi connectivity index (χ4n) is 4.68. The number of rotatable bonds is 17. The molecule has 9 nitrogen and oxygen atoms in total. The first-order valence-electron chi connectivity index (χ1n) is 13.7. The van der Waals surface area contributed by atoms with Crippen LogP contribution in [0.1, 0.15) is 24.0 Å². The molecule has 0 bridgehead atoms. The highest BCUT2D eigenvalue weighted by Crippen LogP contribution is 2.39. The van der Waals surface area contributed by atoms with Crippen molar-refractivity contribution in [2.75, 3.05) is 54.4 Å². The van der Waals surface area contributed by atoms with E-state index >= 15 is 0 Å². The van der Waals surface area contributed by atoms with E-state index in [-0.39, 0.29) is 39.7 Å². The molecular formula is C30H44Br2N5O4P. The van der Waals surface area contributed by atoms with Crippen molar-refractivity contribution in [1.82, 2.24) is 10.2 Å². The largest absolute Gasteiger partial charge is 1.00 e. The molecule has 0 atom stereocenters. The summed E-state index contributed by atoms with van der Waals surface area (Å²) in [6, 6.07) is 26.4.